The summed E-state index contributed by atoms with van der Waals surface area (Å²) in [6.45, 7) is 3.61. The third-order valence-corrected chi connectivity index (χ3v) is 4.35. The highest BCUT2D eigenvalue weighted by Gasteiger charge is 2.10. The van der Waals surface area contributed by atoms with E-state index in [9.17, 15) is 12.8 Å². The van der Waals surface area contributed by atoms with Gasteiger partial charge < -0.3 is 4.74 Å². The first-order chi connectivity index (χ1) is 8.53. The van der Waals surface area contributed by atoms with Gasteiger partial charge in [0.2, 0.25) is 0 Å². The van der Waals surface area contributed by atoms with Gasteiger partial charge in [0.05, 0.1) is 17.0 Å². The minimum atomic E-state index is -3.18. The van der Waals surface area contributed by atoms with Crippen LogP contribution in [0.4, 0.5) is 4.39 Å². The molecule has 0 saturated carbocycles. The summed E-state index contributed by atoms with van der Waals surface area (Å²) in [6, 6.07) is 6.15. The standard InChI is InChI=1S/C13H17FO3S.ClH/c1-3-11(9-14)10-17-12-5-7-13(8-6-12)18(15,16)4-2;/h5-9H,3-4,10H2,1-2H3;1H/b11-9+;. The third kappa shape index (κ3) is 5.20. The molecule has 0 bridgehead atoms. The van der Waals surface area contributed by atoms with Crippen LogP contribution < -0.4 is 4.74 Å². The van der Waals surface area contributed by atoms with Gasteiger partial charge in [0.15, 0.2) is 9.84 Å². The van der Waals surface area contributed by atoms with Crippen LogP contribution in [-0.2, 0) is 9.84 Å². The molecule has 0 aliphatic rings. The van der Waals surface area contributed by atoms with Crippen molar-refractivity contribution in [2.24, 2.45) is 0 Å². The molecule has 1 aromatic rings. The maximum absolute atomic E-state index is 12.3. The molecule has 0 atom stereocenters. The highest BCUT2D eigenvalue weighted by molar-refractivity contribution is 7.91. The van der Waals surface area contributed by atoms with Gasteiger partial charge in [0.25, 0.3) is 0 Å². The molecule has 0 heterocycles. The van der Waals surface area contributed by atoms with Gasteiger partial charge in [0, 0.05) is 0 Å². The molecule has 0 amide bonds. The topological polar surface area (TPSA) is 43.4 Å². The Morgan fingerprint density at radius 3 is 2.26 bits per heavy atom. The zero-order valence-corrected chi connectivity index (χ0v) is 12.6. The van der Waals surface area contributed by atoms with Crippen LogP contribution in [0.2, 0.25) is 0 Å². The van der Waals surface area contributed by atoms with Crippen LogP contribution in [-0.4, -0.2) is 20.8 Å². The number of halogens is 2. The summed E-state index contributed by atoms with van der Waals surface area (Å²) in [7, 11) is -3.18. The van der Waals surface area contributed by atoms with Gasteiger partial charge in [-0.2, -0.15) is 0 Å². The van der Waals surface area contributed by atoms with Gasteiger partial charge in [-0.3, -0.25) is 0 Å². The van der Waals surface area contributed by atoms with Crippen molar-refractivity contribution in [2.75, 3.05) is 12.4 Å². The Hall–Kier alpha value is -1.07. The quantitative estimate of drug-likeness (QED) is 0.807. The molecule has 1 aromatic carbocycles. The van der Waals surface area contributed by atoms with E-state index in [-0.39, 0.29) is 29.7 Å². The summed E-state index contributed by atoms with van der Waals surface area (Å²) in [5.41, 5.74) is 0.556. The molecule has 1 rings (SSSR count). The average Bonchev–Trinajstić information content (AvgIpc) is 2.40. The van der Waals surface area contributed by atoms with Gasteiger partial charge in [-0.15, -0.1) is 12.4 Å². The van der Waals surface area contributed by atoms with Crippen molar-refractivity contribution in [3.05, 3.63) is 36.2 Å². The Balaban J connectivity index is 0.00000324. The molecule has 0 N–H and O–H groups in total. The zero-order chi connectivity index (χ0) is 13.6. The van der Waals surface area contributed by atoms with E-state index < -0.39 is 9.84 Å². The maximum atomic E-state index is 12.3. The fraction of sp³-hybridized carbons (Fsp3) is 0.385. The van der Waals surface area contributed by atoms with Crippen LogP contribution in [0.25, 0.3) is 0 Å². The molecule has 3 nitrogen and oxygen atoms in total. The molecule has 0 aromatic heterocycles. The maximum Gasteiger partial charge on any atom is 0.178 e. The third-order valence-electron chi connectivity index (χ3n) is 2.60. The van der Waals surface area contributed by atoms with Crippen LogP contribution in [0.15, 0.2) is 41.1 Å². The van der Waals surface area contributed by atoms with E-state index in [1.54, 1.807) is 19.1 Å². The van der Waals surface area contributed by atoms with Gasteiger partial charge in [-0.05, 0) is 36.3 Å². The van der Waals surface area contributed by atoms with Gasteiger partial charge in [-0.1, -0.05) is 13.8 Å². The largest absolute Gasteiger partial charge is 0.489 e. The van der Waals surface area contributed by atoms with Crippen molar-refractivity contribution in [1.82, 2.24) is 0 Å². The molecule has 108 valence electrons. The number of hydrogen-bond acceptors (Lipinski definition) is 3. The number of benzene rings is 1. The van der Waals surface area contributed by atoms with Crippen molar-refractivity contribution in [2.45, 2.75) is 25.2 Å². The van der Waals surface area contributed by atoms with Crippen molar-refractivity contribution >= 4 is 22.2 Å². The summed E-state index contributed by atoms with van der Waals surface area (Å²) in [5, 5.41) is 0. The normalized spacial score (nSPS) is 11.8. The van der Waals surface area contributed by atoms with Crippen LogP contribution >= 0.6 is 12.4 Å². The minimum absolute atomic E-state index is 0. The Morgan fingerprint density at radius 2 is 1.84 bits per heavy atom. The summed E-state index contributed by atoms with van der Waals surface area (Å²) >= 11 is 0. The summed E-state index contributed by atoms with van der Waals surface area (Å²) in [5.74, 6) is 0.593. The number of hydrogen-bond donors (Lipinski definition) is 0. The number of ether oxygens (including phenoxy) is 1. The van der Waals surface area contributed by atoms with Crippen molar-refractivity contribution < 1.29 is 17.5 Å². The fourth-order valence-corrected chi connectivity index (χ4v) is 2.18. The summed E-state index contributed by atoms with van der Waals surface area (Å²) < 4.78 is 40.8. The van der Waals surface area contributed by atoms with Gasteiger partial charge in [0.1, 0.15) is 12.4 Å². The Morgan fingerprint density at radius 1 is 1.26 bits per heavy atom. The first-order valence-electron chi connectivity index (χ1n) is 5.77. The highest BCUT2D eigenvalue weighted by atomic mass is 35.5. The van der Waals surface area contributed by atoms with Crippen LogP contribution in [0.1, 0.15) is 20.3 Å². The van der Waals surface area contributed by atoms with Crippen LogP contribution in [0.5, 0.6) is 5.75 Å². The van der Waals surface area contributed by atoms with Crippen LogP contribution in [0, 0.1) is 0 Å². The molecular formula is C13H18ClFO3S. The molecule has 0 fully saturated rings. The van der Waals surface area contributed by atoms with Crippen molar-refractivity contribution in [3.63, 3.8) is 0 Å². The van der Waals surface area contributed by atoms with E-state index in [2.05, 4.69) is 0 Å². The van der Waals surface area contributed by atoms with E-state index in [1.165, 1.54) is 12.1 Å². The Bertz CT molecular complexity index is 509. The van der Waals surface area contributed by atoms with Crippen LogP contribution in [0.3, 0.4) is 0 Å². The highest BCUT2D eigenvalue weighted by Crippen LogP contribution is 2.17. The lowest BCUT2D eigenvalue weighted by molar-refractivity contribution is 0.345. The molecule has 0 radical (unpaired) electrons. The molecule has 0 aliphatic heterocycles. The lowest BCUT2D eigenvalue weighted by atomic mass is 10.2. The summed E-state index contributed by atoms with van der Waals surface area (Å²) in [4.78, 5) is 0.272. The fourth-order valence-electron chi connectivity index (χ4n) is 1.30. The first-order valence-corrected chi connectivity index (χ1v) is 7.42. The number of sulfone groups is 1. The Labute approximate surface area is 119 Å². The van der Waals surface area contributed by atoms with Gasteiger partial charge >= 0.3 is 0 Å². The van der Waals surface area contributed by atoms with E-state index in [0.29, 0.717) is 24.1 Å². The minimum Gasteiger partial charge on any atom is -0.489 e. The molecule has 6 heteroatoms. The monoisotopic (exact) mass is 308 g/mol. The molecule has 0 spiro atoms. The predicted molar refractivity (Wildman–Crippen MR) is 76.4 cm³/mol. The smallest absolute Gasteiger partial charge is 0.178 e. The summed E-state index contributed by atoms with van der Waals surface area (Å²) in [6.07, 6.45) is 1.12. The predicted octanol–water partition coefficient (Wildman–Crippen LogP) is 3.54. The molecule has 0 saturated heterocycles. The zero-order valence-electron chi connectivity index (χ0n) is 10.9. The van der Waals surface area contributed by atoms with Crippen molar-refractivity contribution in [1.29, 1.82) is 0 Å². The molecular weight excluding hydrogens is 291 g/mol. The second-order valence-corrected chi connectivity index (χ2v) is 6.06. The van der Waals surface area contributed by atoms with Crippen molar-refractivity contribution in [3.8, 4) is 5.75 Å². The van der Waals surface area contributed by atoms with E-state index in [4.69, 9.17) is 4.74 Å². The van der Waals surface area contributed by atoms with E-state index in [1.807, 2.05) is 6.92 Å². The van der Waals surface area contributed by atoms with Gasteiger partial charge in [-0.25, -0.2) is 12.8 Å². The lowest BCUT2D eigenvalue weighted by Gasteiger charge is -2.08. The van der Waals surface area contributed by atoms with E-state index >= 15 is 0 Å². The average molecular weight is 309 g/mol. The first kappa shape index (κ1) is 17.9. The Kier molecular flexibility index (Phi) is 7.71. The second-order valence-electron chi connectivity index (χ2n) is 3.78. The second kappa shape index (κ2) is 8.17. The van der Waals surface area contributed by atoms with E-state index in [0.717, 1.165) is 0 Å². The molecule has 19 heavy (non-hydrogen) atoms. The molecule has 0 aliphatic carbocycles. The molecule has 0 unspecified atom stereocenters. The SMILES string of the molecule is CC/C(=C\F)COc1ccc(S(=O)(=O)CC)cc1.Cl. The lowest BCUT2D eigenvalue weighted by Crippen LogP contribution is -2.04. The number of rotatable bonds is 6.